The molecule has 1 aromatic rings. The van der Waals surface area contributed by atoms with Crippen LogP contribution < -0.4 is 0 Å². The summed E-state index contributed by atoms with van der Waals surface area (Å²) >= 11 is 0. The molecule has 1 atom stereocenters. The van der Waals surface area contributed by atoms with Crippen LogP contribution in [0.5, 0.6) is 0 Å². The minimum absolute atomic E-state index is 0.223. The molecule has 0 spiro atoms. The molecule has 0 aliphatic carbocycles. The standard InChI is InChI=1S/C14H20O2/c1-14(2,3)12-6-4-11(5-7-12)8-15-9-13-10-16-13/h4-7,13H,8-10H2,1-3H3/t13-/m0/s1. The highest BCUT2D eigenvalue weighted by Gasteiger charge is 2.22. The van der Waals surface area contributed by atoms with Gasteiger partial charge in [0.05, 0.1) is 19.8 Å². The van der Waals surface area contributed by atoms with Crippen molar-refractivity contribution in [1.29, 1.82) is 0 Å². The third-order valence-electron chi connectivity index (χ3n) is 2.79. The van der Waals surface area contributed by atoms with Gasteiger partial charge in [0, 0.05) is 0 Å². The molecule has 0 aromatic heterocycles. The maximum Gasteiger partial charge on any atom is 0.104 e. The predicted octanol–water partition coefficient (Wildman–Crippen LogP) is 2.90. The lowest BCUT2D eigenvalue weighted by atomic mass is 9.87. The van der Waals surface area contributed by atoms with Crippen LogP contribution in [0.4, 0.5) is 0 Å². The third-order valence-corrected chi connectivity index (χ3v) is 2.79. The number of hydrogen-bond acceptors (Lipinski definition) is 2. The van der Waals surface area contributed by atoms with E-state index >= 15 is 0 Å². The topological polar surface area (TPSA) is 21.8 Å². The van der Waals surface area contributed by atoms with Crippen molar-refractivity contribution in [2.45, 2.75) is 38.9 Å². The Morgan fingerprint density at radius 1 is 1.25 bits per heavy atom. The Bertz CT molecular complexity index is 331. The fraction of sp³-hybridized carbons (Fsp3) is 0.571. The molecule has 16 heavy (non-hydrogen) atoms. The largest absolute Gasteiger partial charge is 0.374 e. The van der Waals surface area contributed by atoms with Gasteiger partial charge in [-0.15, -0.1) is 0 Å². The molecular weight excluding hydrogens is 200 g/mol. The van der Waals surface area contributed by atoms with Gasteiger partial charge < -0.3 is 9.47 Å². The molecule has 2 heteroatoms. The Balaban J connectivity index is 1.85. The first-order valence-corrected chi connectivity index (χ1v) is 5.84. The van der Waals surface area contributed by atoms with E-state index in [-0.39, 0.29) is 5.41 Å². The third kappa shape index (κ3) is 3.32. The number of hydrogen-bond donors (Lipinski definition) is 0. The molecule has 2 rings (SSSR count). The van der Waals surface area contributed by atoms with Gasteiger partial charge in [0.25, 0.3) is 0 Å². The second-order valence-electron chi connectivity index (χ2n) is 5.42. The lowest BCUT2D eigenvalue weighted by Crippen LogP contribution is -2.10. The van der Waals surface area contributed by atoms with Crippen molar-refractivity contribution in [2.75, 3.05) is 13.2 Å². The highest BCUT2D eigenvalue weighted by molar-refractivity contribution is 5.27. The lowest BCUT2D eigenvalue weighted by molar-refractivity contribution is 0.104. The van der Waals surface area contributed by atoms with Gasteiger partial charge in [-0.05, 0) is 16.5 Å². The number of rotatable bonds is 4. The molecular formula is C14H20O2. The van der Waals surface area contributed by atoms with Crippen LogP contribution in [-0.4, -0.2) is 19.3 Å². The van der Waals surface area contributed by atoms with Gasteiger partial charge >= 0.3 is 0 Å². The Labute approximate surface area is 97.6 Å². The van der Waals surface area contributed by atoms with Crippen LogP contribution in [-0.2, 0) is 21.5 Å². The smallest absolute Gasteiger partial charge is 0.104 e. The van der Waals surface area contributed by atoms with E-state index in [9.17, 15) is 0 Å². The molecule has 2 nitrogen and oxygen atoms in total. The highest BCUT2D eigenvalue weighted by atomic mass is 16.6. The normalized spacial score (nSPS) is 19.8. The first kappa shape index (κ1) is 11.6. The predicted molar refractivity (Wildman–Crippen MR) is 64.5 cm³/mol. The zero-order valence-corrected chi connectivity index (χ0v) is 10.3. The molecule has 1 aliphatic heterocycles. The zero-order chi connectivity index (χ0) is 11.6. The van der Waals surface area contributed by atoms with Crippen molar-refractivity contribution >= 4 is 0 Å². The molecule has 1 saturated heterocycles. The van der Waals surface area contributed by atoms with Gasteiger partial charge in [-0.3, -0.25) is 0 Å². The summed E-state index contributed by atoms with van der Waals surface area (Å²) in [4.78, 5) is 0. The van der Waals surface area contributed by atoms with Crippen LogP contribution in [0.1, 0.15) is 31.9 Å². The highest BCUT2D eigenvalue weighted by Crippen LogP contribution is 2.22. The van der Waals surface area contributed by atoms with Gasteiger partial charge in [0.15, 0.2) is 0 Å². The van der Waals surface area contributed by atoms with E-state index < -0.39 is 0 Å². The van der Waals surface area contributed by atoms with Crippen LogP contribution in [0.15, 0.2) is 24.3 Å². The summed E-state index contributed by atoms with van der Waals surface area (Å²) in [5.74, 6) is 0. The van der Waals surface area contributed by atoms with Gasteiger partial charge in [-0.1, -0.05) is 45.0 Å². The molecule has 0 bridgehead atoms. The molecule has 0 saturated carbocycles. The van der Waals surface area contributed by atoms with Gasteiger partial charge in [0.1, 0.15) is 6.10 Å². The maximum absolute atomic E-state index is 5.54. The average Bonchev–Trinajstić information content (AvgIpc) is 3.01. The quantitative estimate of drug-likeness (QED) is 0.728. The molecule has 0 N–H and O–H groups in total. The SMILES string of the molecule is CC(C)(C)c1ccc(COC[C@H]2CO2)cc1. The zero-order valence-electron chi connectivity index (χ0n) is 10.3. The summed E-state index contributed by atoms with van der Waals surface area (Å²) in [7, 11) is 0. The van der Waals surface area contributed by atoms with Crippen LogP contribution in [0.25, 0.3) is 0 Å². The fourth-order valence-corrected chi connectivity index (χ4v) is 1.57. The molecule has 1 aliphatic rings. The van der Waals surface area contributed by atoms with Crippen molar-refractivity contribution in [1.82, 2.24) is 0 Å². The molecule has 0 amide bonds. The van der Waals surface area contributed by atoms with Crippen LogP contribution in [0.3, 0.4) is 0 Å². The van der Waals surface area contributed by atoms with E-state index in [0.29, 0.717) is 12.7 Å². The molecule has 88 valence electrons. The number of benzene rings is 1. The van der Waals surface area contributed by atoms with E-state index in [1.807, 2.05) is 0 Å². The Morgan fingerprint density at radius 2 is 1.88 bits per heavy atom. The molecule has 1 aromatic carbocycles. The first-order valence-electron chi connectivity index (χ1n) is 5.84. The Kier molecular flexibility index (Phi) is 3.31. The average molecular weight is 220 g/mol. The second-order valence-corrected chi connectivity index (χ2v) is 5.42. The van der Waals surface area contributed by atoms with E-state index in [0.717, 1.165) is 13.2 Å². The van der Waals surface area contributed by atoms with Crippen LogP contribution in [0, 0.1) is 0 Å². The van der Waals surface area contributed by atoms with Crippen molar-refractivity contribution in [2.24, 2.45) is 0 Å². The van der Waals surface area contributed by atoms with Gasteiger partial charge in [-0.25, -0.2) is 0 Å². The summed E-state index contributed by atoms with van der Waals surface area (Å²) in [6.45, 7) is 8.95. The summed E-state index contributed by atoms with van der Waals surface area (Å²) in [6, 6.07) is 8.67. The van der Waals surface area contributed by atoms with E-state index in [4.69, 9.17) is 9.47 Å². The van der Waals surface area contributed by atoms with Crippen molar-refractivity contribution in [3.63, 3.8) is 0 Å². The first-order chi connectivity index (χ1) is 7.55. The molecule has 1 fully saturated rings. The molecule has 0 radical (unpaired) electrons. The minimum Gasteiger partial charge on any atom is -0.374 e. The van der Waals surface area contributed by atoms with E-state index in [1.54, 1.807) is 0 Å². The summed E-state index contributed by atoms with van der Waals surface area (Å²) in [5.41, 5.74) is 2.82. The van der Waals surface area contributed by atoms with Crippen LogP contribution >= 0.6 is 0 Å². The van der Waals surface area contributed by atoms with E-state index in [1.165, 1.54) is 11.1 Å². The van der Waals surface area contributed by atoms with Gasteiger partial charge in [-0.2, -0.15) is 0 Å². The summed E-state index contributed by atoms with van der Waals surface area (Å²) < 4.78 is 10.6. The minimum atomic E-state index is 0.223. The molecule has 0 unspecified atom stereocenters. The lowest BCUT2D eigenvalue weighted by Gasteiger charge is -2.19. The Hall–Kier alpha value is -0.860. The summed E-state index contributed by atoms with van der Waals surface area (Å²) in [5, 5.41) is 0. The van der Waals surface area contributed by atoms with E-state index in [2.05, 4.69) is 45.0 Å². The monoisotopic (exact) mass is 220 g/mol. The fourth-order valence-electron chi connectivity index (χ4n) is 1.57. The van der Waals surface area contributed by atoms with Crippen molar-refractivity contribution < 1.29 is 9.47 Å². The number of ether oxygens (including phenoxy) is 2. The Morgan fingerprint density at radius 3 is 2.38 bits per heavy atom. The van der Waals surface area contributed by atoms with Crippen molar-refractivity contribution in [3.05, 3.63) is 35.4 Å². The maximum atomic E-state index is 5.54. The molecule has 1 heterocycles. The second kappa shape index (κ2) is 4.56. The summed E-state index contributed by atoms with van der Waals surface area (Å²) in [6.07, 6.45) is 0.355. The van der Waals surface area contributed by atoms with Crippen molar-refractivity contribution in [3.8, 4) is 0 Å². The van der Waals surface area contributed by atoms with Gasteiger partial charge in [0.2, 0.25) is 0 Å². The number of epoxide rings is 1. The van der Waals surface area contributed by atoms with Crippen LogP contribution in [0.2, 0.25) is 0 Å².